The number of carbonyl (C=O) groups is 1. The van der Waals surface area contributed by atoms with Crippen molar-refractivity contribution in [3.05, 3.63) is 0 Å². The number of hydrogen-bond donors (Lipinski definition) is 2. The van der Waals surface area contributed by atoms with Crippen LogP contribution in [0.2, 0.25) is 0 Å². The molecular weight excluding hydrogens is 134 g/mol. The second-order valence-electron chi connectivity index (χ2n) is 2.34. The van der Waals surface area contributed by atoms with Crippen molar-refractivity contribution >= 4 is 5.97 Å². The number of carboxylic acids is 1. The van der Waals surface area contributed by atoms with Crippen LogP contribution in [0.1, 0.15) is 20.8 Å². The van der Waals surface area contributed by atoms with Crippen molar-refractivity contribution in [3.63, 3.8) is 0 Å². The lowest BCUT2D eigenvalue weighted by atomic mass is 10.4. The molecule has 0 bridgehead atoms. The van der Waals surface area contributed by atoms with Gasteiger partial charge < -0.3 is 5.11 Å². The van der Waals surface area contributed by atoms with Crippen molar-refractivity contribution in [2.45, 2.75) is 32.9 Å². The number of nitrogens with one attached hydrogen (secondary N) is 1. The summed E-state index contributed by atoms with van der Waals surface area (Å²) in [6.07, 6.45) is 0.00167. The largest absolute Gasteiger partial charge is 0.480 e. The van der Waals surface area contributed by atoms with Crippen LogP contribution in [-0.4, -0.2) is 23.2 Å². The lowest BCUT2D eigenvalue weighted by Gasteiger charge is -2.11. The van der Waals surface area contributed by atoms with Crippen LogP contribution in [0.15, 0.2) is 0 Å². The first-order valence-electron chi connectivity index (χ1n) is 3.18. The molecule has 2 N–H and O–H groups in total. The van der Waals surface area contributed by atoms with Crippen LogP contribution in [0.4, 0.5) is 0 Å². The monoisotopic (exact) mass is 147 g/mol. The lowest BCUT2D eigenvalue weighted by Crippen LogP contribution is -2.35. The maximum atomic E-state index is 10.2. The molecule has 0 radical (unpaired) electrons. The smallest absolute Gasteiger partial charge is 0.322 e. The molecule has 60 valence electrons. The predicted octanol–water partition coefficient (Wildman–Crippen LogP) is 0.389. The van der Waals surface area contributed by atoms with Gasteiger partial charge >= 0.3 is 5.97 Å². The first-order chi connectivity index (χ1) is 4.54. The van der Waals surface area contributed by atoms with Gasteiger partial charge in [-0.05, 0) is 20.8 Å². The molecule has 0 aromatic carbocycles. The molecule has 0 aromatic rings. The molecule has 0 aliphatic carbocycles. The highest BCUT2D eigenvalue weighted by Gasteiger charge is 2.09. The molecule has 4 heteroatoms. The third kappa shape index (κ3) is 4.29. The van der Waals surface area contributed by atoms with Gasteiger partial charge in [-0.15, -0.1) is 0 Å². The summed E-state index contributed by atoms with van der Waals surface area (Å²) in [6, 6.07) is -0.651. The first-order valence-corrected chi connectivity index (χ1v) is 3.18. The van der Waals surface area contributed by atoms with Crippen molar-refractivity contribution in [2.24, 2.45) is 0 Å². The van der Waals surface area contributed by atoms with Crippen molar-refractivity contribution in [1.82, 2.24) is 5.48 Å². The Balaban J connectivity index is 3.40. The summed E-state index contributed by atoms with van der Waals surface area (Å²) in [7, 11) is 0. The molecule has 0 aromatic heterocycles. The Morgan fingerprint density at radius 3 is 2.30 bits per heavy atom. The zero-order valence-corrected chi connectivity index (χ0v) is 6.42. The van der Waals surface area contributed by atoms with Crippen LogP contribution >= 0.6 is 0 Å². The summed E-state index contributed by atoms with van der Waals surface area (Å²) in [5.41, 5.74) is 2.38. The van der Waals surface area contributed by atoms with E-state index in [4.69, 9.17) is 9.94 Å². The van der Waals surface area contributed by atoms with Gasteiger partial charge in [0.1, 0.15) is 6.04 Å². The van der Waals surface area contributed by atoms with Crippen LogP contribution < -0.4 is 5.48 Å². The van der Waals surface area contributed by atoms with E-state index in [9.17, 15) is 4.79 Å². The summed E-state index contributed by atoms with van der Waals surface area (Å²) in [6.45, 7) is 5.16. The van der Waals surface area contributed by atoms with Crippen LogP contribution in [-0.2, 0) is 9.63 Å². The Bertz CT molecular complexity index is 114. The Hall–Kier alpha value is -0.610. The highest BCUT2D eigenvalue weighted by molar-refractivity contribution is 5.72. The molecular formula is C6H13NO3. The molecule has 0 spiro atoms. The minimum absolute atomic E-state index is 0.00167. The molecule has 0 heterocycles. The van der Waals surface area contributed by atoms with Gasteiger partial charge in [-0.25, -0.2) is 0 Å². The number of rotatable bonds is 4. The molecule has 1 unspecified atom stereocenters. The lowest BCUT2D eigenvalue weighted by molar-refractivity contribution is -0.144. The topological polar surface area (TPSA) is 58.6 Å². The van der Waals surface area contributed by atoms with Crippen LogP contribution in [0.3, 0.4) is 0 Å². The maximum absolute atomic E-state index is 10.2. The van der Waals surface area contributed by atoms with Gasteiger partial charge in [0.2, 0.25) is 0 Å². The molecule has 0 saturated heterocycles. The molecule has 4 nitrogen and oxygen atoms in total. The molecule has 1 atom stereocenters. The third-order valence-corrected chi connectivity index (χ3v) is 0.851. The van der Waals surface area contributed by atoms with Crippen molar-refractivity contribution in [3.8, 4) is 0 Å². The fraction of sp³-hybridized carbons (Fsp3) is 0.833. The highest BCUT2D eigenvalue weighted by Crippen LogP contribution is 1.86. The normalized spacial score (nSPS) is 13.6. The Kier molecular flexibility index (Phi) is 3.99. The fourth-order valence-electron chi connectivity index (χ4n) is 0.289. The van der Waals surface area contributed by atoms with Gasteiger partial charge in [0, 0.05) is 0 Å². The van der Waals surface area contributed by atoms with E-state index >= 15 is 0 Å². The summed E-state index contributed by atoms with van der Waals surface area (Å²) >= 11 is 0. The van der Waals surface area contributed by atoms with Crippen LogP contribution in [0, 0.1) is 0 Å². The van der Waals surface area contributed by atoms with Gasteiger partial charge in [-0.3, -0.25) is 9.63 Å². The van der Waals surface area contributed by atoms with Gasteiger partial charge in [0.05, 0.1) is 6.10 Å². The second kappa shape index (κ2) is 4.24. The first kappa shape index (κ1) is 9.39. The Morgan fingerprint density at radius 2 is 2.00 bits per heavy atom. The summed E-state index contributed by atoms with van der Waals surface area (Å²) in [4.78, 5) is 15.0. The van der Waals surface area contributed by atoms with E-state index in [0.717, 1.165) is 0 Å². The van der Waals surface area contributed by atoms with E-state index in [0.29, 0.717) is 0 Å². The van der Waals surface area contributed by atoms with E-state index in [1.807, 2.05) is 13.8 Å². The minimum atomic E-state index is -0.916. The van der Waals surface area contributed by atoms with Crippen molar-refractivity contribution in [1.29, 1.82) is 0 Å². The van der Waals surface area contributed by atoms with Crippen LogP contribution in [0.5, 0.6) is 0 Å². The van der Waals surface area contributed by atoms with Gasteiger partial charge in [0.25, 0.3) is 0 Å². The summed E-state index contributed by atoms with van der Waals surface area (Å²) in [5, 5.41) is 8.35. The summed E-state index contributed by atoms with van der Waals surface area (Å²) < 4.78 is 0. The quantitative estimate of drug-likeness (QED) is 0.565. The molecule has 0 saturated carbocycles. The third-order valence-electron chi connectivity index (χ3n) is 0.851. The average molecular weight is 147 g/mol. The zero-order valence-electron chi connectivity index (χ0n) is 6.42. The molecule has 0 fully saturated rings. The maximum Gasteiger partial charge on any atom is 0.322 e. The standard InChI is InChI=1S/C6H13NO3/c1-4(2)10-7-5(3)6(8)9/h4-5,7H,1-3H3,(H,8,9). The van der Waals surface area contributed by atoms with E-state index < -0.39 is 12.0 Å². The van der Waals surface area contributed by atoms with E-state index in [1.54, 1.807) is 0 Å². The molecule has 10 heavy (non-hydrogen) atoms. The van der Waals surface area contributed by atoms with Crippen molar-refractivity contribution < 1.29 is 14.7 Å². The van der Waals surface area contributed by atoms with Crippen LogP contribution in [0.25, 0.3) is 0 Å². The zero-order chi connectivity index (χ0) is 8.15. The number of aliphatic carboxylic acids is 1. The van der Waals surface area contributed by atoms with E-state index in [-0.39, 0.29) is 6.10 Å². The number of carboxylic acid groups (broad SMARTS) is 1. The second-order valence-corrected chi connectivity index (χ2v) is 2.34. The molecule has 0 aliphatic rings. The fourth-order valence-corrected chi connectivity index (χ4v) is 0.289. The van der Waals surface area contributed by atoms with Gasteiger partial charge in [0.15, 0.2) is 0 Å². The summed E-state index contributed by atoms with van der Waals surface area (Å²) in [5.74, 6) is -0.916. The SMILES string of the molecule is CC(C)ONC(C)C(=O)O. The average Bonchev–Trinajstić information content (AvgIpc) is 1.82. The number of hydrogen-bond acceptors (Lipinski definition) is 3. The van der Waals surface area contributed by atoms with E-state index in [1.165, 1.54) is 6.92 Å². The molecule has 0 aliphatic heterocycles. The molecule has 0 rings (SSSR count). The van der Waals surface area contributed by atoms with Gasteiger partial charge in [-0.1, -0.05) is 0 Å². The Morgan fingerprint density at radius 1 is 1.50 bits per heavy atom. The minimum Gasteiger partial charge on any atom is -0.480 e. The van der Waals surface area contributed by atoms with E-state index in [2.05, 4.69) is 5.48 Å². The number of hydroxylamine groups is 1. The predicted molar refractivity (Wildman–Crippen MR) is 36.5 cm³/mol. The van der Waals surface area contributed by atoms with Gasteiger partial charge in [-0.2, -0.15) is 5.48 Å². The Labute approximate surface area is 60.1 Å². The van der Waals surface area contributed by atoms with Crippen molar-refractivity contribution in [2.75, 3.05) is 0 Å². The highest BCUT2D eigenvalue weighted by atomic mass is 16.7. The molecule has 0 amide bonds.